The number of benzene rings is 2. The Hall–Kier alpha value is -2.79. The summed E-state index contributed by atoms with van der Waals surface area (Å²) >= 11 is 0. The first kappa shape index (κ1) is 24.3. The average Bonchev–Trinajstić information content (AvgIpc) is 2.82. The van der Waals surface area contributed by atoms with E-state index in [1.165, 1.54) is 0 Å². The van der Waals surface area contributed by atoms with Gasteiger partial charge in [0.2, 0.25) is 0 Å². The summed E-state index contributed by atoms with van der Waals surface area (Å²) in [5.74, 6) is -1.81. The lowest BCUT2D eigenvalue weighted by Gasteiger charge is -2.30. The molecule has 2 aliphatic rings. The van der Waals surface area contributed by atoms with Crippen LogP contribution in [0.25, 0.3) is 10.8 Å². The van der Waals surface area contributed by atoms with Crippen molar-refractivity contribution in [2.75, 3.05) is 19.6 Å². The van der Waals surface area contributed by atoms with Crippen LogP contribution in [0.4, 0.5) is 13.2 Å². The summed E-state index contributed by atoms with van der Waals surface area (Å²) in [4.78, 5) is 13.4. The molecule has 34 heavy (non-hydrogen) atoms. The third kappa shape index (κ3) is 5.64. The van der Waals surface area contributed by atoms with Crippen LogP contribution in [0.3, 0.4) is 0 Å². The van der Waals surface area contributed by atoms with E-state index in [0.29, 0.717) is 37.0 Å². The van der Waals surface area contributed by atoms with E-state index in [-0.39, 0.29) is 24.9 Å². The van der Waals surface area contributed by atoms with Crippen LogP contribution in [0.2, 0.25) is 0 Å². The molecule has 0 aromatic heterocycles. The van der Waals surface area contributed by atoms with Gasteiger partial charge in [0, 0.05) is 11.9 Å². The first-order valence-electron chi connectivity index (χ1n) is 11.9. The number of piperidine rings is 1. The zero-order valence-corrected chi connectivity index (χ0v) is 19.0. The van der Waals surface area contributed by atoms with Crippen molar-refractivity contribution >= 4 is 16.7 Å². The Labute approximate surface area is 197 Å². The van der Waals surface area contributed by atoms with Crippen molar-refractivity contribution in [2.45, 2.75) is 57.2 Å². The van der Waals surface area contributed by atoms with Gasteiger partial charge in [-0.2, -0.15) is 18.4 Å². The minimum absolute atomic E-state index is 0.0531. The molecule has 182 valence electrons. The maximum atomic E-state index is 12.9. The van der Waals surface area contributed by atoms with Gasteiger partial charge >= 0.3 is 12.1 Å². The second kappa shape index (κ2) is 10.2. The molecule has 1 N–H and O–H groups in total. The second-order valence-corrected chi connectivity index (χ2v) is 9.44. The van der Waals surface area contributed by atoms with Gasteiger partial charge in [-0.05, 0) is 81.1 Å². The zero-order valence-electron chi connectivity index (χ0n) is 19.0. The number of likely N-dealkylation sites (tertiary alicyclic amines) is 1. The Kier molecular flexibility index (Phi) is 7.32. The number of nitrogens with zero attached hydrogens (tertiary/aromatic N) is 2. The highest BCUT2D eigenvalue weighted by Gasteiger charge is 2.41. The van der Waals surface area contributed by atoms with Crippen LogP contribution in [-0.4, -0.2) is 47.9 Å². The third-order valence-corrected chi connectivity index (χ3v) is 7.24. The van der Waals surface area contributed by atoms with Crippen LogP contribution in [0.1, 0.15) is 49.7 Å². The minimum Gasteiger partial charge on any atom is -0.489 e. The molecule has 1 aliphatic heterocycles. The fourth-order valence-corrected chi connectivity index (χ4v) is 5.09. The normalized spacial score (nSPS) is 22.4. The Morgan fingerprint density at radius 2 is 1.76 bits per heavy atom. The molecule has 0 bridgehead atoms. The summed E-state index contributed by atoms with van der Waals surface area (Å²) < 4.78 is 44.9. The molecule has 4 rings (SSSR count). The van der Waals surface area contributed by atoms with Crippen LogP contribution >= 0.6 is 0 Å². The molecule has 0 unspecified atom stereocenters. The standard InChI is InChI=1S/C26H29F3N2O3/c27-26(28,29)20-4-6-21(7-5-20)34-24-8-3-18-2-1-17(15-22(18)23(24)16-30)9-12-31-13-10-19(11-14-31)25(32)33/h1-3,8,15,19-21H,4-7,9-14H2,(H,32,33)/t20-,21+. The lowest BCUT2D eigenvalue weighted by atomic mass is 9.87. The molecule has 0 radical (unpaired) electrons. The van der Waals surface area contributed by atoms with Crippen LogP contribution in [0.5, 0.6) is 5.75 Å². The number of ether oxygens (including phenoxy) is 1. The molecular formula is C26H29F3N2O3. The van der Waals surface area contributed by atoms with E-state index >= 15 is 0 Å². The van der Waals surface area contributed by atoms with Gasteiger partial charge < -0.3 is 14.7 Å². The number of halogens is 3. The molecule has 0 atom stereocenters. The second-order valence-electron chi connectivity index (χ2n) is 9.44. The Morgan fingerprint density at radius 1 is 1.09 bits per heavy atom. The van der Waals surface area contributed by atoms with Crippen LogP contribution in [-0.2, 0) is 11.2 Å². The van der Waals surface area contributed by atoms with Gasteiger partial charge in [-0.25, -0.2) is 0 Å². The molecule has 2 fully saturated rings. The first-order valence-corrected chi connectivity index (χ1v) is 11.9. The van der Waals surface area contributed by atoms with Crippen molar-refractivity contribution in [3.8, 4) is 11.8 Å². The number of carboxylic acids is 1. The van der Waals surface area contributed by atoms with Crippen molar-refractivity contribution in [3.63, 3.8) is 0 Å². The number of hydrogen-bond donors (Lipinski definition) is 1. The van der Waals surface area contributed by atoms with E-state index in [9.17, 15) is 23.2 Å². The highest BCUT2D eigenvalue weighted by Crippen LogP contribution is 2.39. The summed E-state index contributed by atoms with van der Waals surface area (Å²) in [5.41, 5.74) is 1.49. The number of aliphatic carboxylic acids is 1. The fourth-order valence-electron chi connectivity index (χ4n) is 5.09. The summed E-state index contributed by atoms with van der Waals surface area (Å²) in [6.45, 7) is 2.35. The fraction of sp³-hybridized carbons (Fsp3) is 0.538. The summed E-state index contributed by atoms with van der Waals surface area (Å²) in [6, 6.07) is 11.9. The van der Waals surface area contributed by atoms with Gasteiger partial charge in [0.25, 0.3) is 0 Å². The topological polar surface area (TPSA) is 73.6 Å². The van der Waals surface area contributed by atoms with Crippen molar-refractivity contribution in [2.24, 2.45) is 11.8 Å². The number of fused-ring (bicyclic) bond motifs is 1. The summed E-state index contributed by atoms with van der Waals surface area (Å²) in [6.07, 6.45) is -1.61. The summed E-state index contributed by atoms with van der Waals surface area (Å²) in [7, 11) is 0. The van der Waals surface area contributed by atoms with Crippen molar-refractivity contribution in [3.05, 3.63) is 41.5 Å². The van der Waals surface area contributed by atoms with Gasteiger partial charge in [0.1, 0.15) is 17.4 Å². The van der Waals surface area contributed by atoms with Gasteiger partial charge in [0.05, 0.1) is 17.9 Å². The third-order valence-electron chi connectivity index (χ3n) is 7.24. The molecule has 1 aliphatic carbocycles. The Bertz CT molecular complexity index is 1060. The molecule has 5 nitrogen and oxygen atoms in total. The quantitative estimate of drug-likeness (QED) is 0.594. The largest absolute Gasteiger partial charge is 0.489 e. The number of hydrogen-bond acceptors (Lipinski definition) is 4. The van der Waals surface area contributed by atoms with Gasteiger partial charge in [-0.3, -0.25) is 4.79 Å². The zero-order chi connectivity index (χ0) is 24.3. The van der Waals surface area contributed by atoms with E-state index in [0.717, 1.165) is 42.4 Å². The van der Waals surface area contributed by atoms with Gasteiger partial charge in [-0.15, -0.1) is 0 Å². The van der Waals surface area contributed by atoms with E-state index in [4.69, 9.17) is 9.84 Å². The van der Waals surface area contributed by atoms with Crippen LogP contribution in [0, 0.1) is 23.2 Å². The Morgan fingerprint density at radius 3 is 2.38 bits per heavy atom. The molecule has 1 heterocycles. The minimum atomic E-state index is -4.16. The lowest BCUT2D eigenvalue weighted by Crippen LogP contribution is -2.37. The predicted molar refractivity (Wildman–Crippen MR) is 122 cm³/mol. The molecule has 2 aromatic rings. The van der Waals surface area contributed by atoms with E-state index in [2.05, 4.69) is 11.0 Å². The maximum Gasteiger partial charge on any atom is 0.391 e. The van der Waals surface area contributed by atoms with Crippen LogP contribution in [0.15, 0.2) is 30.3 Å². The van der Waals surface area contributed by atoms with Crippen molar-refractivity contribution < 1.29 is 27.8 Å². The predicted octanol–water partition coefficient (Wildman–Crippen LogP) is 5.55. The van der Waals surface area contributed by atoms with E-state index < -0.39 is 18.1 Å². The van der Waals surface area contributed by atoms with E-state index in [1.807, 2.05) is 24.3 Å². The Balaban J connectivity index is 1.42. The molecule has 8 heteroatoms. The number of carboxylic acid groups (broad SMARTS) is 1. The highest BCUT2D eigenvalue weighted by atomic mass is 19.4. The highest BCUT2D eigenvalue weighted by molar-refractivity contribution is 5.90. The molecule has 0 spiro atoms. The number of alkyl halides is 3. The average molecular weight is 475 g/mol. The molecule has 1 saturated heterocycles. The van der Waals surface area contributed by atoms with E-state index in [1.54, 1.807) is 6.07 Å². The summed E-state index contributed by atoms with van der Waals surface area (Å²) in [5, 5.41) is 20.7. The lowest BCUT2D eigenvalue weighted by molar-refractivity contribution is -0.185. The number of carbonyl (C=O) groups is 1. The van der Waals surface area contributed by atoms with Crippen LogP contribution < -0.4 is 4.74 Å². The first-order chi connectivity index (χ1) is 16.2. The smallest absolute Gasteiger partial charge is 0.391 e. The monoisotopic (exact) mass is 474 g/mol. The SMILES string of the molecule is N#Cc1c(O[C@H]2CC[C@@H](C(F)(F)F)CC2)ccc2ccc(CCN3CCC(C(=O)O)CC3)cc12. The molecular weight excluding hydrogens is 445 g/mol. The number of rotatable bonds is 6. The van der Waals surface area contributed by atoms with Crippen molar-refractivity contribution in [1.82, 2.24) is 4.90 Å². The molecule has 1 saturated carbocycles. The van der Waals surface area contributed by atoms with Crippen molar-refractivity contribution in [1.29, 1.82) is 5.26 Å². The van der Waals surface area contributed by atoms with Gasteiger partial charge in [0.15, 0.2) is 0 Å². The molecule has 0 amide bonds. The molecule has 2 aromatic carbocycles. The van der Waals surface area contributed by atoms with Gasteiger partial charge in [-0.1, -0.05) is 18.2 Å². The maximum absolute atomic E-state index is 12.9. The number of nitriles is 1.